The number of nitro benzene ring substituents is 1. The lowest BCUT2D eigenvalue weighted by Crippen LogP contribution is -1.98. The molecule has 0 radical (unpaired) electrons. The van der Waals surface area contributed by atoms with Gasteiger partial charge in [0.2, 0.25) is 0 Å². The van der Waals surface area contributed by atoms with Crippen LogP contribution >= 0.6 is 15.9 Å². The monoisotopic (exact) mass is 346 g/mol. The largest absolute Gasteiger partial charge is 0.868 e. The second kappa shape index (κ2) is 6.32. The number of carbonyl (C=O) groups excluding carboxylic acids is 1. The summed E-state index contributed by atoms with van der Waals surface area (Å²) in [6, 6.07) is 10.6. The molecule has 0 heterocycles. The summed E-state index contributed by atoms with van der Waals surface area (Å²) in [7, 11) is 0. The number of allylic oxidation sites excluding steroid dienone is 1. The first-order chi connectivity index (χ1) is 9.99. The molecule has 0 aliphatic heterocycles. The van der Waals surface area contributed by atoms with E-state index in [0.717, 1.165) is 12.1 Å². The van der Waals surface area contributed by atoms with Crippen molar-refractivity contribution in [3.8, 4) is 5.75 Å². The van der Waals surface area contributed by atoms with Gasteiger partial charge in [0.25, 0.3) is 5.69 Å². The minimum atomic E-state index is -0.741. The number of halogens is 1. The number of carbonyl (C=O) groups is 1. The van der Waals surface area contributed by atoms with Crippen LogP contribution in [-0.2, 0) is 0 Å². The quantitative estimate of drug-likeness (QED) is 0.368. The number of hydrogen-bond acceptors (Lipinski definition) is 4. The molecule has 0 N–H and O–H groups in total. The van der Waals surface area contributed by atoms with E-state index in [-0.39, 0.29) is 5.78 Å². The molecule has 0 aliphatic rings. The SMILES string of the molecule is O=C(/C=C/c1ccc([O-])c([N+](=O)[O-])c1)c1ccccc1Br. The average molecular weight is 347 g/mol. The molecule has 6 heteroatoms. The van der Waals surface area contributed by atoms with Gasteiger partial charge in [0.05, 0.1) is 4.92 Å². The van der Waals surface area contributed by atoms with Gasteiger partial charge in [0.15, 0.2) is 5.78 Å². The summed E-state index contributed by atoms with van der Waals surface area (Å²) in [6.07, 6.45) is 2.75. The maximum atomic E-state index is 12.0. The first-order valence-electron chi connectivity index (χ1n) is 5.91. The van der Waals surface area contributed by atoms with Crippen LogP contribution in [0.4, 0.5) is 5.69 Å². The Kier molecular flexibility index (Phi) is 4.49. The fourth-order valence-electron chi connectivity index (χ4n) is 1.70. The number of ketones is 1. The summed E-state index contributed by atoms with van der Waals surface area (Å²) in [5.74, 6) is -0.898. The van der Waals surface area contributed by atoms with Crippen molar-refractivity contribution in [2.45, 2.75) is 0 Å². The van der Waals surface area contributed by atoms with Crippen LogP contribution in [0.5, 0.6) is 5.75 Å². The Morgan fingerprint density at radius 3 is 2.57 bits per heavy atom. The fourth-order valence-corrected chi connectivity index (χ4v) is 2.18. The molecule has 0 aromatic heterocycles. The smallest absolute Gasteiger partial charge is 0.262 e. The van der Waals surface area contributed by atoms with Gasteiger partial charge in [-0.2, -0.15) is 0 Å². The Hall–Kier alpha value is -2.47. The van der Waals surface area contributed by atoms with Gasteiger partial charge in [-0.05, 0) is 29.5 Å². The van der Waals surface area contributed by atoms with Crippen molar-refractivity contribution in [2.24, 2.45) is 0 Å². The standard InChI is InChI=1S/C15H10BrNO4/c16-12-4-2-1-3-11(12)14(18)7-5-10-6-8-15(19)13(9-10)17(20)21/h1-9,19H/p-1/b7-5+. The van der Waals surface area contributed by atoms with Crippen LogP contribution in [0.3, 0.4) is 0 Å². The van der Waals surface area contributed by atoms with Crippen molar-refractivity contribution >= 4 is 33.5 Å². The van der Waals surface area contributed by atoms with Crippen molar-refractivity contribution in [3.05, 3.63) is 74.3 Å². The molecule has 0 aliphatic carbocycles. The van der Waals surface area contributed by atoms with E-state index in [4.69, 9.17) is 0 Å². The van der Waals surface area contributed by atoms with Gasteiger partial charge in [0.1, 0.15) is 0 Å². The zero-order valence-electron chi connectivity index (χ0n) is 10.7. The van der Waals surface area contributed by atoms with Gasteiger partial charge in [-0.15, -0.1) is 0 Å². The molecule has 0 bridgehead atoms. The van der Waals surface area contributed by atoms with Gasteiger partial charge >= 0.3 is 0 Å². The number of hydrogen-bond donors (Lipinski definition) is 0. The molecule has 0 unspecified atom stereocenters. The topological polar surface area (TPSA) is 83.3 Å². The fraction of sp³-hybridized carbons (Fsp3) is 0. The average Bonchev–Trinajstić information content (AvgIpc) is 2.46. The highest BCUT2D eigenvalue weighted by Gasteiger charge is 2.08. The molecule has 21 heavy (non-hydrogen) atoms. The van der Waals surface area contributed by atoms with Gasteiger partial charge in [-0.3, -0.25) is 14.9 Å². The molecule has 106 valence electrons. The van der Waals surface area contributed by atoms with E-state index in [1.54, 1.807) is 24.3 Å². The van der Waals surface area contributed by atoms with E-state index >= 15 is 0 Å². The second-order valence-electron chi connectivity index (χ2n) is 4.16. The molecule has 5 nitrogen and oxygen atoms in total. The minimum Gasteiger partial charge on any atom is -0.868 e. The lowest BCUT2D eigenvalue weighted by Gasteiger charge is -2.06. The molecule has 2 aromatic carbocycles. The van der Waals surface area contributed by atoms with Gasteiger partial charge < -0.3 is 5.11 Å². The summed E-state index contributed by atoms with van der Waals surface area (Å²) < 4.78 is 0.667. The molecule has 0 saturated carbocycles. The van der Waals surface area contributed by atoms with Crippen LogP contribution in [0.25, 0.3) is 6.08 Å². The van der Waals surface area contributed by atoms with E-state index in [0.29, 0.717) is 15.6 Å². The van der Waals surface area contributed by atoms with Gasteiger partial charge in [-0.25, -0.2) is 0 Å². The molecule has 0 fully saturated rings. The van der Waals surface area contributed by atoms with Crippen molar-refractivity contribution in [2.75, 3.05) is 0 Å². The number of rotatable bonds is 4. The first kappa shape index (κ1) is 14.9. The Morgan fingerprint density at radius 1 is 1.19 bits per heavy atom. The molecular weight excluding hydrogens is 338 g/mol. The van der Waals surface area contributed by atoms with E-state index in [9.17, 15) is 20.0 Å². The predicted octanol–water partition coefficient (Wildman–Crippen LogP) is 3.33. The predicted molar refractivity (Wildman–Crippen MR) is 80.0 cm³/mol. The van der Waals surface area contributed by atoms with Gasteiger partial charge in [-0.1, -0.05) is 46.3 Å². The van der Waals surface area contributed by atoms with Gasteiger partial charge in [0, 0.05) is 16.1 Å². The lowest BCUT2D eigenvalue weighted by atomic mass is 10.1. The van der Waals surface area contributed by atoms with Crippen LogP contribution < -0.4 is 5.11 Å². The third-order valence-electron chi connectivity index (χ3n) is 2.75. The Balaban J connectivity index is 2.26. The number of benzene rings is 2. The highest BCUT2D eigenvalue weighted by molar-refractivity contribution is 9.10. The zero-order valence-corrected chi connectivity index (χ0v) is 12.2. The molecule has 0 amide bonds. The lowest BCUT2D eigenvalue weighted by molar-refractivity contribution is -0.398. The van der Waals surface area contributed by atoms with Crippen LogP contribution in [0.1, 0.15) is 15.9 Å². The van der Waals surface area contributed by atoms with E-state index < -0.39 is 16.4 Å². The minimum absolute atomic E-state index is 0.240. The van der Waals surface area contributed by atoms with Crippen LogP contribution in [0, 0.1) is 10.1 Å². The van der Waals surface area contributed by atoms with E-state index in [1.807, 2.05) is 0 Å². The van der Waals surface area contributed by atoms with Crippen molar-refractivity contribution in [1.29, 1.82) is 0 Å². The van der Waals surface area contributed by atoms with Crippen molar-refractivity contribution < 1.29 is 14.8 Å². The second-order valence-corrected chi connectivity index (χ2v) is 5.02. The van der Waals surface area contributed by atoms with E-state index in [2.05, 4.69) is 15.9 Å². The summed E-state index contributed by atoms with van der Waals surface area (Å²) in [5, 5.41) is 22.0. The molecule has 0 spiro atoms. The molecule has 2 rings (SSSR count). The molecule has 0 saturated heterocycles. The highest BCUT2D eigenvalue weighted by Crippen LogP contribution is 2.24. The number of nitro groups is 1. The summed E-state index contributed by atoms with van der Waals surface area (Å²) >= 11 is 3.28. The Labute approximate surface area is 128 Å². The molecular formula is C15H9BrNO4-. The summed E-state index contributed by atoms with van der Waals surface area (Å²) in [4.78, 5) is 22.0. The third kappa shape index (κ3) is 3.55. The maximum absolute atomic E-state index is 12.0. The van der Waals surface area contributed by atoms with Crippen molar-refractivity contribution in [1.82, 2.24) is 0 Å². The normalized spacial score (nSPS) is 10.7. The summed E-state index contributed by atoms with van der Waals surface area (Å²) in [6.45, 7) is 0. The zero-order chi connectivity index (χ0) is 15.4. The number of nitrogens with zero attached hydrogens (tertiary/aromatic N) is 1. The maximum Gasteiger partial charge on any atom is 0.262 e. The Morgan fingerprint density at radius 2 is 1.90 bits per heavy atom. The summed E-state index contributed by atoms with van der Waals surface area (Å²) in [5.41, 5.74) is 0.399. The highest BCUT2D eigenvalue weighted by atomic mass is 79.9. The Bertz CT molecular complexity index is 740. The van der Waals surface area contributed by atoms with Crippen LogP contribution in [0.15, 0.2) is 53.0 Å². The van der Waals surface area contributed by atoms with E-state index in [1.165, 1.54) is 18.2 Å². The van der Waals surface area contributed by atoms with Crippen LogP contribution in [0.2, 0.25) is 0 Å². The van der Waals surface area contributed by atoms with Crippen LogP contribution in [-0.4, -0.2) is 10.7 Å². The third-order valence-corrected chi connectivity index (χ3v) is 3.44. The first-order valence-corrected chi connectivity index (χ1v) is 6.71. The van der Waals surface area contributed by atoms with Crippen molar-refractivity contribution in [3.63, 3.8) is 0 Å². The molecule has 0 atom stereocenters. The molecule has 2 aromatic rings.